The molecule has 0 aromatic carbocycles. The first-order chi connectivity index (χ1) is 7.57. The molecule has 1 aliphatic rings. The van der Waals surface area contributed by atoms with E-state index < -0.39 is 0 Å². The minimum absolute atomic E-state index is 0.522. The van der Waals surface area contributed by atoms with Crippen molar-refractivity contribution in [3.8, 4) is 0 Å². The molecule has 0 bridgehead atoms. The van der Waals surface area contributed by atoms with Gasteiger partial charge in [0.05, 0.1) is 12.9 Å². The van der Waals surface area contributed by atoms with E-state index in [9.17, 15) is 0 Å². The lowest BCUT2D eigenvalue weighted by atomic mass is 9.89. The Morgan fingerprint density at radius 1 is 1.31 bits per heavy atom. The summed E-state index contributed by atoms with van der Waals surface area (Å²) in [5.41, 5.74) is 3.51. The van der Waals surface area contributed by atoms with E-state index in [0.29, 0.717) is 5.41 Å². The Morgan fingerprint density at radius 3 is 2.31 bits per heavy atom. The average Bonchev–Trinajstić information content (AvgIpc) is 3.03. The van der Waals surface area contributed by atoms with Crippen LogP contribution in [0.3, 0.4) is 0 Å². The average molecular weight is 220 g/mol. The van der Waals surface area contributed by atoms with Gasteiger partial charge < -0.3 is 4.74 Å². The Morgan fingerprint density at radius 2 is 1.94 bits per heavy atom. The molecule has 0 unspecified atom stereocenters. The second-order valence-corrected chi connectivity index (χ2v) is 5.11. The maximum atomic E-state index is 5.47. The van der Waals surface area contributed by atoms with E-state index in [4.69, 9.17) is 4.74 Å². The monoisotopic (exact) mass is 220 g/mol. The summed E-state index contributed by atoms with van der Waals surface area (Å²) in [6.45, 7) is 6.82. The summed E-state index contributed by atoms with van der Waals surface area (Å²) < 4.78 is 5.47. The van der Waals surface area contributed by atoms with Crippen LogP contribution in [0.2, 0.25) is 0 Å². The van der Waals surface area contributed by atoms with Gasteiger partial charge in [-0.25, -0.2) is 0 Å². The van der Waals surface area contributed by atoms with Crippen molar-refractivity contribution in [2.24, 2.45) is 5.41 Å². The fraction of sp³-hybridized carbons (Fsp3) is 0.714. The topological polar surface area (TPSA) is 9.23 Å². The SMILES string of the molecule is B/C(CC)=C(/C/C=C(\CC)C1(C)CC1)OC. The molecule has 1 rings (SSSR count). The van der Waals surface area contributed by atoms with E-state index in [-0.39, 0.29) is 0 Å². The fourth-order valence-electron chi connectivity index (χ4n) is 2.17. The zero-order valence-electron chi connectivity index (χ0n) is 11.5. The standard InChI is InChI=1S/C14H25BO/c1-5-11(14(3)9-10-14)7-8-13(16-4)12(15)6-2/h7H,5-6,8-10,15H2,1-4H3/b11-7+,13-12-. The molecule has 0 N–H and O–H groups in total. The predicted octanol–water partition coefficient (Wildman–Crippen LogP) is 3.41. The van der Waals surface area contributed by atoms with Crippen LogP contribution >= 0.6 is 0 Å². The van der Waals surface area contributed by atoms with Gasteiger partial charge in [-0.2, -0.15) is 0 Å². The molecule has 0 aliphatic heterocycles. The molecule has 0 atom stereocenters. The summed E-state index contributed by atoms with van der Waals surface area (Å²) >= 11 is 0. The van der Waals surface area contributed by atoms with Gasteiger partial charge in [0.15, 0.2) is 0 Å². The second kappa shape index (κ2) is 5.61. The predicted molar refractivity (Wildman–Crippen MR) is 73.2 cm³/mol. The summed E-state index contributed by atoms with van der Waals surface area (Å²) in [4.78, 5) is 0. The van der Waals surface area contributed by atoms with E-state index in [1.54, 1.807) is 12.7 Å². The molecule has 0 heterocycles. The molecule has 1 nitrogen and oxygen atoms in total. The van der Waals surface area contributed by atoms with Gasteiger partial charge in [0, 0.05) is 6.42 Å². The molecule has 0 saturated heterocycles. The van der Waals surface area contributed by atoms with Crippen LogP contribution in [-0.4, -0.2) is 15.0 Å². The minimum Gasteiger partial charge on any atom is -0.502 e. The van der Waals surface area contributed by atoms with Gasteiger partial charge >= 0.3 is 0 Å². The molecule has 1 fully saturated rings. The van der Waals surface area contributed by atoms with Gasteiger partial charge in [-0.3, -0.25) is 0 Å². The van der Waals surface area contributed by atoms with Crippen LogP contribution < -0.4 is 0 Å². The molecule has 1 saturated carbocycles. The third-order valence-corrected chi connectivity index (χ3v) is 3.94. The Balaban J connectivity index is 2.69. The fourth-order valence-corrected chi connectivity index (χ4v) is 2.17. The lowest BCUT2D eigenvalue weighted by molar-refractivity contribution is 0.281. The molecule has 0 aromatic rings. The molecule has 16 heavy (non-hydrogen) atoms. The van der Waals surface area contributed by atoms with Gasteiger partial charge in [0.25, 0.3) is 0 Å². The van der Waals surface area contributed by atoms with Gasteiger partial charge in [-0.15, -0.1) is 0 Å². The normalized spacial score (nSPS) is 20.4. The van der Waals surface area contributed by atoms with Crippen molar-refractivity contribution in [3.05, 3.63) is 22.9 Å². The Bertz CT molecular complexity index is 298. The van der Waals surface area contributed by atoms with Crippen molar-refractivity contribution in [2.75, 3.05) is 7.11 Å². The van der Waals surface area contributed by atoms with E-state index in [0.717, 1.165) is 18.6 Å². The lowest BCUT2D eigenvalue weighted by Gasteiger charge is -2.14. The van der Waals surface area contributed by atoms with Gasteiger partial charge in [-0.1, -0.05) is 37.9 Å². The van der Waals surface area contributed by atoms with Gasteiger partial charge in [0.1, 0.15) is 7.85 Å². The summed E-state index contributed by atoms with van der Waals surface area (Å²) in [5, 5.41) is 0. The first-order valence-electron chi connectivity index (χ1n) is 6.49. The Labute approximate surface area is 101 Å². The highest BCUT2D eigenvalue weighted by molar-refractivity contribution is 6.21. The molecular weight excluding hydrogens is 195 g/mol. The quantitative estimate of drug-likeness (QED) is 0.378. The van der Waals surface area contributed by atoms with Crippen LogP contribution in [0.1, 0.15) is 52.9 Å². The van der Waals surface area contributed by atoms with E-state index in [2.05, 4.69) is 34.7 Å². The highest BCUT2D eigenvalue weighted by Gasteiger charge is 2.39. The van der Waals surface area contributed by atoms with Crippen LogP contribution in [0, 0.1) is 5.41 Å². The van der Waals surface area contributed by atoms with Crippen molar-refractivity contribution in [1.82, 2.24) is 0 Å². The van der Waals surface area contributed by atoms with Crippen LogP contribution in [0.15, 0.2) is 22.9 Å². The zero-order chi connectivity index (χ0) is 12.2. The minimum atomic E-state index is 0.522. The van der Waals surface area contributed by atoms with Gasteiger partial charge in [-0.05, 0) is 31.1 Å². The van der Waals surface area contributed by atoms with Crippen molar-refractivity contribution in [1.29, 1.82) is 0 Å². The molecule has 1 aliphatic carbocycles. The van der Waals surface area contributed by atoms with Crippen molar-refractivity contribution in [3.63, 3.8) is 0 Å². The molecule has 90 valence electrons. The summed E-state index contributed by atoms with van der Waals surface area (Å²) in [6.07, 6.45) is 8.35. The number of hydrogen-bond donors (Lipinski definition) is 0. The zero-order valence-corrected chi connectivity index (χ0v) is 11.5. The maximum Gasteiger partial charge on any atom is 0.138 e. The summed E-state index contributed by atoms with van der Waals surface area (Å²) in [5.74, 6) is 1.15. The first kappa shape index (κ1) is 13.4. The molecule has 0 radical (unpaired) electrons. The first-order valence-corrected chi connectivity index (χ1v) is 6.49. The number of ether oxygens (including phenoxy) is 1. The maximum absolute atomic E-state index is 5.47. The van der Waals surface area contributed by atoms with Crippen LogP contribution in [0.25, 0.3) is 0 Å². The van der Waals surface area contributed by atoms with E-state index in [1.807, 2.05) is 0 Å². The second-order valence-electron chi connectivity index (χ2n) is 5.11. The Hall–Kier alpha value is -0.655. The van der Waals surface area contributed by atoms with Crippen LogP contribution in [-0.2, 0) is 4.74 Å². The van der Waals surface area contributed by atoms with Crippen molar-refractivity contribution in [2.45, 2.75) is 52.9 Å². The largest absolute Gasteiger partial charge is 0.502 e. The van der Waals surface area contributed by atoms with Crippen LogP contribution in [0.5, 0.6) is 0 Å². The number of methoxy groups -OCH3 is 1. The van der Waals surface area contributed by atoms with Crippen LogP contribution in [0.4, 0.5) is 0 Å². The number of allylic oxidation sites excluding steroid dienone is 3. The highest BCUT2D eigenvalue weighted by atomic mass is 16.5. The molecule has 0 aromatic heterocycles. The lowest BCUT2D eigenvalue weighted by Crippen LogP contribution is -1.99. The summed E-state index contributed by atoms with van der Waals surface area (Å²) in [7, 11) is 3.95. The number of hydrogen-bond acceptors (Lipinski definition) is 1. The van der Waals surface area contributed by atoms with Gasteiger partial charge in [0.2, 0.25) is 0 Å². The molecule has 0 amide bonds. The smallest absolute Gasteiger partial charge is 0.138 e. The highest BCUT2D eigenvalue weighted by Crippen LogP contribution is 2.52. The molecule has 2 heteroatoms. The van der Waals surface area contributed by atoms with E-state index >= 15 is 0 Å². The van der Waals surface area contributed by atoms with E-state index in [1.165, 1.54) is 24.7 Å². The number of rotatable bonds is 6. The molecule has 0 spiro atoms. The Kier molecular flexibility index (Phi) is 4.70. The third kappa shape index (κ3) is 3.17. The third-order valence-electron chi connectivity index (χ3n) is 3.94. The van der Waals surface area contributed by atoms with Crippen molar-refractivity contribution >= 4 is 7.85 Å². The van der Waals surface area contributed by atoms with Crippen molar-refractivity contribution < 1.29 is 4.74 Å². The summed E-state index contributed by atoms with van der Waals surface area (Å²) in [6, 6.07) is 0. The molecular formula is C14H25BO.